The van der Waals surface area contributed by atoms with E-state index in [1.165, 1.54) is 28.0 Å². The van der Waals surface area contributed by atoms with Crippen molar-refractivity contribution in [3.8, 4) is 5.75 Å². The molecule has 1 aliphatic heterocycles. The van der Waals surface area contributed by atoms with Crippen LogP contribution in [0.4, 0.5) is 0 Å². The van der Waals surface area contributed by atoms with Crippen LogP contribution in [0.25, 0.3) is 11.8 Å². The second kappa shape index (κ2) is 7.73. The lowest BCUT2D eigenvalue weighted by atomic mass is 9.83. The van der Waals surface area contributed by atoms with Gasteiger partial charge in [-0.25, -0.2) is 4.99 Å². The first-order valence-corrected chi connectivity index (χ1v) is 12.2. The first-order valence-electron chi connectivity index (χ1n) is 10.5. The van der Waals surface area contributed by atoms with Crippen LogP contribution in [-0.2, 0) is 6.42 Å². The van der Waals surface area contributed by atoms with Gasteiger partial charge in [-0.15, -0.1) is 11.3 Å². The van der Waals surface area contributed by atoms with Gasteiger partial charge in [0.2, 0.25) is 0 Å². The fourth-order valence-electron chi connectivity index (χ4n) is 4.61. The second-order valence-electron chi connectivity index (χ2n) is 7.90. The molecule has 0 radical (unpaired) electrons. The molecule has 4 aromatic rings. The summed E-state index contributed by atoms with van der Waals surface area (Å²) in [7, 11) is 1.67. The SMILES string of the molecule is COc1ccc([C@H]2C3=C(N=c4s/c(=C\c5cccs5)c(=O)n42)c2ccccc2CC3)cc1. The van der Waals surface area contributed by atoms with E-state index in [1.807, 2.05) is 40.3 Å². The van der Waals surface area contributed by atoms with Gasteiger partial charge >= 0.3 is 0 Å². The number of aromatic nitrogens is 1. The topological polar surface area (TPSA) is 43.6 Å². The van der Waals surface area contributed by atoms with Crippen molar-refractivity contribution in [2.75, 3.05) is 7.11 Å². The predicted octanol–water partition coefficient (Wildman–Crippen LogP) is 4.39. The van der Waals surface area contributed by atoms with Crippen LogP contribution >= 0.6 is 22.7 Å². The molecule has 1 atom stereocenters. The molecule has 0 N–H and O–H groups in total. The Morgan fingerprint density at radius 2 is 1.91 bits per heavy atom. The average molecular weight is 457 g/mol. The zero-order valence-electron chi connectivity index (χ0n) is 17.4. The van der Waals surface area contributed by atoms with Crippen molar-refractivity contribution in [2.24, 2.45) is 4.99 Å². The van der Waals surface area contributed by atoms with Crippen LogP contribution in [0.2, 0.25) is 0 Å². The summed E-state index contributed by atoms with van der Waals surface area (Å²) in [6.07, 6.45) is 3.83. The molecule has 2 aromatic carbocycles. The largest absolute Gasteiger partial charge is 0.497 e. The molecule has 6 rings (SSSR count). The normalized spacial score (nSPS) is 17.4. The minimum Gasteiger partial charge on any atom is -0.497 e. The highest BCUT2D eigenvalue weighted by molar-refractivity contribution is 7.11. The van der Waals surface area contributed by atoms with Crippen molar-refractivity contribution in [1.82, 2.24) is 4.57 Å². The van der Waals surface area contributed by atoms with Crippen molar-refractivity contribution in [3.63, 3.8) is 0 Å². The molecule has 0 bridgehead atoms. The van der Waals surface area contributed by atoms with Gasteiger partial charge < -0.3 is 4.74 Å². The smallest absolute Gasteiger partial charge is 0.271 e. The van der Waals surface area contributed by atoms with Gasteiger partial charge in [0.05, 0.1) is 23.4 Å². The molecular weight excluding hydrogens is 436 g/mol. The van der Waals surface area contributed by atoms with Crippen molar-refractivity contribution in [2.45, 2.75) is 18.9 Å². The summed E-state index contributed by atoms with van der Waals surface area (Å²) in [6, 6.07) is 20.4. The van der Waals surface area contributed by atoms with Gasteiger partial charge in [0.25, 0.3) is 5.56 Å². The van der Waals surface area contributed by atoms with Crippen LogP contribution in [0.15, 0.2) is 81.4 Å². The van der Waals surface area contributed by atoms with Crippen molar-refractivity contribution in [1.29, 1.82) is 0 Å². The van der Waals surface area contributed by atoms with E-state index in [4.69, 9.17) is 9.73 Å². The zero-order valence-corrected chi connectivity index (χ0v) is 19.1. The number of benzene rings is 2. The fourth-order valence-corrected chi connectivity index (χ4v) is 6.33. The summed E-state index contributed by atoms with van der Waals surface area (Å²) in [4.78, 5) is 20.5. The molecule has 0 spiro atoms. The summed E-state index contributed by atoms with van der Waals surface area (Å²) in [6.45, 7) is 0. The number of hydrogen-bond donors (Lipinski definition) is 0. The van der Waals surface area contributed by atoms with E-state index in [-0.39, 0.29) is 11.6 Å². The molecule has 4 nitrogen and oxygen atoms in total. The Labute approximate surface area is 193 Å². The van der Waals surface area contributed by atoms with Crippen LogP contribution in [0.1, 0.15) is 34.0 Å². The quantitative estimate of drug-likeness (QED) is 0.459. The van der Waals surface area contributed by atoms with Gasteiger partial charge in [-0.05, 0) is 59.2 Å². The van der Waals surface area contributed by atoms with Gasteiger partial charge in [-0.1, -0.05) is 53.8 Å². The summed E-state index contributed by atoms with van der Waals surface area (Å²) >= 11 is 3.11. The molecule has 2 aromatic heterocycles. The van der Waals surface area contributed by atoms with Crippen LogP contribution in [0, 0.1) is 0 Å². The molecule has 2 aliphatic rings. The lowest BCUT2D eigenvalue weighted by Crippen LogP contribution is -2.38. The number of thiazole rings is 1. The summed E-state index contributed by atoms with van der Waals surface area (Å²) in [5.41, 5.74) is 5.84. The average Bonchev–Trinajstić information content (AvgIpc) is 3.46. The third kappa shape index (κ3) is 3.10. The number of hydrogen-bond acceptors (Lipinski definition) is 5. The molecule has 0 fully saturated rings. The third-order valence-electron chi connectivity index (χ3n) is 6.12. The Morgan fingerprint density at radius 3 is 2.69 bits per heavy atom. The van der Waals surface area contributed by atoms with Crippen LogP contribution in [-0.4, -0.2) is 11.7 Å². The van der Waals surface area contributed by atoms with Crippen molar-refractivity contribution in [3.05, 3.63) is 113 Å². The van der Waals surface area contributed by atoms with E-state index >= 15 is 0 Å². The van der Waals surface area contributed by atoms with Crippen LogP contribution < -0.4 is 19.6 Å². The van der Waals surface area contributed by atoms with E-state index in [1.54, 1.807) is 18.4 Å². The maximum atomic E-state index is 13.6. The number of nitrogens with zero attached hydrogens (tertiary/aromatic N) is 2. The Morgan fingerprint density at radius 1 is 1.06 bits per heavy atom. The predicted molar refractivity (Wildman–Crippen MR) is 130 cm³/mol. The standard InChI is InChI=1S/C26H20N2O2S2/c1-30-18-11-8-17(9-12-18)24-21-13-10-16-5-2-3-7-20(16)23(21)27-26-28(24)25(29)22(32-26)15-19-6-4-14-31-19/h2-9,11-12,14-15,24H,10,13H2,1H3/b22-15-/t24-/m0/s1. The highest BCUT2D eigenvalue weighted by Crippen LogP contribution is 2.41. The second-order valence-corrected chi connectivity index (χ2v) is 9.89. The molecule has 0 saturated carbocycles. The van der Waals surface area contributed by atoms with Crippen LogP contribution in [0.3, 0.4) is 0 Å². The highest BCUT2D eigenvalue weighted by atomic mass is 32.1. The number of rotatable bonds is 3. The monoisotopic (exact) mass is 456 g/mol. The fraction of sp³-hybridized carbons (Fsp3) is 0.154. The lowest BCUT2D eigenvalue weighted by Gasteiger charge is -2.30. The van der Waals surface area contributed by atoms with E-state index in [0.717, 1.165) is 44.1 Å². The van der Waals surface area contributed by atoms with E-state index in [2.05, 4.69) is 36.4 Å². The molecule has 158 valence electrons. The number of fused-ring (bicyclic) bond motifs is 3. The highest BCUT2D eigenvalue weighted by Gasteiger charge is 2.32. The Bertz CT molecular complexity index is 1520. The first-order chi connectivity index (χ1) is 15.7. The molecule has 0 unspecified atom stereocenters. The Balaban J connectivity index is 1.63. The molecule has 0 saturated heterocycles. The number of allylic oxidation sites excluding steroid dienone is 1. The minimum atomic E-state index is -0.161. The first kappa shape index (κ1) is 19.5. The summed E-state index contributed by atoms with van der Waals surface area (Å²) in [5.74, 6) is 0.807. The maximum absolute atomic E-state index is 13.6. The van der Waals surface area contributed by atoms with Gasteiger partial charge in [-0.2, -0.15) is 0 Å². The minimum absolute atomic E-state index is 0.0216. The summed E-state index contributed by atoms with van der Waals surface area (Å²) < 4.78 is 7.97. The number of thiophene rings is 1. The van der Waals surface area contributed by atoms with Crippen LogP contribution in [0.5, 0.6) is 5.75 Å². The van der Waals surface area contributed by atoms with Gasteiger partial charge in [0, 0.05) is 10.4 Å². The Hall–Kier alpha value is -3.22. The van der Waals surface area contributed by atoms with Gasteiger partial charge in [0.15, 0.2) is 4.80 Å². The maximum Gasteiger partial charge on any atom is 0.271 e. The van der Waals surface area contributed by atoms with Crippen molar-refractivity contribution >= 4 is 34.4 Å². The number of aryl methyl sites for hydroxylation is 1. The molecule has 3 heterocycles. The Kier molecular flexibility index (Phi) is 4.70. The van der Waals surface area contributed by atoms with E-state index in [0.29, 0.717) is 0 Å². The summed E-state index contributed by atoms with van der Waals surface area (Å²) in [5, 5.41) is 2.03. The third-order valence-corrected chi connectivity index (χ3v) is 7.92. The van der Waals surface area contributed by atoms with E-state index in [9.17, 15) is 4.79 Å². The number of ether oxygens (including phenoxy) is 1. The van der Waals surface area contributed by atoms with Gasteiger partial charge in [0.1, 0.15) is 5.75 Å². The zero-order chi connectivity index (χ0) is 21.7. The molecule has 1 aliphatic carbocycles. The molecule has 6 heteroatoms. The molecular formula is C26H20N2O2S2. The van der Waals surface area contributed by atoms with Gasteiger partial charge in [-0.3, -0.25) is 9.36 Å². The number of methoxy groups -OCH3 is 1. The molecule has 32 heavy (non-hydrogen) atoms. The lowest BCUT2D eigenvalue weighted by molar-refractivity contribution is 0.414. The molecule has 0 amide bonds. The van der Waals surface area contributed by atoms with Crippen molar-refractivity contribution < 1.29 is 4.74 Å². The van der Waals surface area contributed by atoms with E-state index < -0.39 is 0 Å².